The Labute approximate surface area is 152 Å². The molecule has 0 saturated carbocycles. The van der Waals surface area contributed by atoms with E-state index in [1.54, 1.807) is 0 Å². The standard InChI is InChI=1S/C18H26N4O2S/c1-12(2)10-21-7-5-8-22(18(23)16-13(3)6-9-25-16)11-15(21)17-19-14(4)20-24-17/h6,9,12,15H,5,7-8,10-11H2,1-4H3. The minimum Gasteiger partial charge on any atom is -0.338 e. The number of aromatic nitrogens is 2. The maximum absolute atomic E-state index is 13.0. The predicted molar refractivity (Wildman–Crippen MR) is 97.8 cm³/mol. The average molecular weight is 362 g/mol. The Morgan fingerprint density at radius 1 is 1.40 bits per heavy atom. The van der Waals surface area contributed by atoms with Gasteiger partial charge in [0.25, 0.3) is 5.91 Å². The van der Waals surface area contributed by atoms with Crippen LogP contribution in [-0.2, 0) is 0 Å². The number of carbonyl (C=O) groups is 1. The lowest BCUT2D eigenvalue weighted by Crippen LogP contribution is -2.39. The van der Waals surface area contributed by atoms with Crippen molar-refractivity contribution >= 4 is 17.2 Å². The number of aryl methyl sites for hydroxylation is 2. The molecule has 0 aromatic carbocycles. The summed E-state index contributed by atoms with van der Waals surface area (Å²) in [6.45, 7) is 11.5. The van der Waals surface area contributed by atoms with E-state index < -0.39 is 0 Å². The van der Waals surface area contributed by atoms with Crippen LogP contribution in [-0.4, -0.2) is 52.0 Å². The van der Waals surface area contributed by atoms with Crippen molar-refractivity contribution in [3.63, 3.8) is 0 Å². The second-order valence-corrected chi connectivity index (χ2v) is 8.04. The molecule has 2 aromatic rings. The van der Waals surface area contributed by atoms with Gasteiger partial charge in [-0.2, -0.15) is 4.98 Å². The smallest absolute Gasteiger partial charge is 0.264 e. The van der Waals surface area contributed by atoms with Crippen molar-refractivity contribution in [2.24, 2.45) is 5.92 Å². The summed E-state index contributed by atoms with van der Waals surface area (Å²) in [5.74, 6) is 1.89. The van der Waals surface area contributed by atoms with E-state index in [-0.39, 0.29) is 11.9 Å². The van der Waals surface area contributed by atoms with Gasteiger partial charge in [-0.1, -0.05) is 19.0 Å². The predicted octanol–water partition coefficient (Wildman–Crippen LogP) is 3.29. The minimum absolute atomic E-state index is 0.0460. The molecule has 0 spiro atoms. The van der Waals surface area contributed by atoms with Gasteiger partial charge in [-0.25, -0.2) is 0 Å². The maximum Gasteiger partial charge on any atom is 0.264 e. The molecule has 0 aliphatic carbocycles. The van der Waals surface area contributed by atoms with Crippen molar-refractivity contribution in [3.8, 4) is 0 Å². The lowest BCUT2D eigenvalue weighted by molar-refractivity contribution is 0.0712. The van der Waals surface area contributed by atoms with Crippen LogP contribution in [0.2, 0.25) is 0 Å². The first-order valence-corrected chi connectivity index (χ1v) is 9.71. The highest BCUT2D eigenvalue weighted by atomic mass is 32.1. The van der Waals surface area contributed by atoms with Crippen molar-refractivity contribution in [2.45, 2.75) is 40.2 Å². The summed E-state index contributed by atoms with van der Waals surface area (Å²) in [6, 6.07) is 1.95. The summed E-state index contributed by atoms with van der Waals surface area (Å²) in [7, 11) is 0. The largest absolute Gasteiger partial charge is 0.338 e. The van der Waals surface area contributed by atoms with Crippen molar-refractivity contribution in [1.29, 1.82) is 0 Å². The van der Waals surface area contributed by atoms with E-state index in [1.165, 1.54) is 11.3 Å². The first kappa shape index (κ1) is 18.1. The number of rotatable bonds is 4. The van der Waals surface area contributed by atoms with Crippen LogP contribution in [0, 0.1) is 19.8 Å². The fourth-order valence-corrected chi connectivity index (χ4v) is 4.22. The summed E-state index contributed by atoms with van der Waals surface area (Å²) in [4.78, 5) is 22.6. The third-order valence-corrected chi connectivity index (χ3v) is 5.48. The molecule has 3 heterocycles. The lowest BCUT2D eigenvalue weighted by atomic mass is 10.1. The SMILES string of the molecule is Cc1noc(C2CN(C(=O)c3sccc3C)CCCN2CC(C)C)n1. The molecule has 7 heteroatoms. The quantitative estimate of drug-likeness (QED) is 0.835. The van der Waals surface area contributed by atoms with E-state index in [2.05, 4.69) is 28.9 Å². The summed E-state index contributed by atoms with van der Waals surface area (Å²) in [6.07, 6.45) is 0.951. The normalized spacial score (nSPS) is 19.4. The van der Waals surface area contributed by atoms with Gasteiger partial charge in [0.05, 0.1) is 4.88 Å². The maximum atomic E-state index is 13.0. The van der Waals surface area contributed by atoms with Crippen molar-refractivity contribution in [1.82, 2.24) is 19.9 Å². The number of amides is 1. The van der Waals surface area contributed by atoms with Crippen LogP contribution >= 0.6 is 11.3 Å². The number of nitrogens with zero attached hydrogens (tertiary/aromatic N) is 4. The van der Waals surface area contributed by atoms with Gasteiger partial charge in [0, 0.05) is 26.2 Å². The van der Waals surface area contributed by atoms with Gasteiger partial charge in [0.2, 0.25) is 5.89 Å². The third kappa shape index (κ3) is 4.10. The van der Waals surface area contributed by atoms with E-state index >= 15 is 0 Å². The summed E-state index contributed by atoms with van der Waals surface area (Å²) in [5.41, 5.74) is 1.04. The van der Waals surface area contributed by atoms with Gasteiger partial charge >= 0.3 is 0 Å². The van der Waals surface area contributed by atoms with Crippen LogP contribution in [0.25, 0.3) is 0 Å². The van der Waals surface area contributed by atoms with Gasteiger partial charge in [0.1, 0.15) is 6.04 Å². The molecule has 3 rings (SSSR count). The monoisotopic (exact) mass is 362 g/mol. The van der Waals surface area contributed by atoms with E-state index in [9.17, 15) is 4.79 Å². The molecular weight excluding hydrogens is 336 g/mol. The zero-order valence-electron chi connectivity index (χ0n) is 15.4. The molecule has 0 bridgehead atoms. The highest BCUT2D eigenvalue weighted by Crippen LogP contribution is 2.27. The minimum atomic E-state index is -0.0460. The lowest BCUT2D eigenvalue weighted by Gasteiger charge is -2.30. The van der Waals surface area contributed by atoms with Crippen LogP contribution in [0.15, 0.2) is 16.0 Å². The first-order valence-electron chi connectivity index (χ1n) is 8.83. The Morgan fingerprint density at radius 2 is 2.20 bits per heavy atom. The zero-order chi connectivity index (χ0) is 18.0. The van der Waals surface area contributed by atoms with Gasteiger partial charge in [-0.15, -0.1) is 11.3 Å². The van der Waals surface area contributed by atoms with Crippen LogP contribution in [0.3, 0.4) is 0 Å². The summed E-state index contributed by atoms with van der Waals surface area (Å²) in [5, 5.41) is 5.93. The molecule has 1 atom stereocenters. The number of carbonyl (C=O) groups excluding carboxylic acids is 1. The highest BCUT2D eigenvalue weighted by molar-refractivity contribution is 7.12. The molecule has 1 fully saturated rings. The summed E-state index contributed by atoms with van der Waals surface area (Å²) >= 11 is 1.51. The fourth-order valence-electron chi connectivity index (χ4n) is 3.33. The Morgan fingerprint density at radius 3 is 2.80 bits per heavy atom. The molecule has 0 radical (unpaired) electrons. The Balaban J connectivity index is 1.86. The van der Waals surface area contributed by atoms with Crippen molar-refractivity contribution < 1.29 is 9.32 Å². The van der Waals surface area contributed by atoms with E-state index in [0.717, 1.165) is 36.5 Å². The Kier molecular flexibility index (Phi) is 5.54. The third-order valence-electron chi connectivity index (χ3n) is 4.48. The molecular formula is C18H26N4O2S. The number of thiophene rings is 1. The molecule has 1 aliphatic heterocycles. The van der Waals surface area contributed by atoms with Crippen LogP contribution in [0.5, 0.6) is 0 Å². The first-order chi connectivity index (χ1) is 12.0. The molecule has 136 valence electrons. The van der Waals surface area contributed by atoms with Gasteiger partial charge in [0.15, 0.2) is 5.82 Å². The molecule has 6 nitrogen and oxygen atoms in total. The second kappa shape index (κ2) is 7.66. The molecule has 1 amide bonds. The topological polar surface area (TPSA) is 62.5 Å². The molecule has 0 N–H and O–H groups in total. The molecule has 2 aromatic heterocycles. The Bertz CT molecular complexity index is 724. The van der Waals surface area contributed by atoms with Crippen LogP contribution < -0.4 is 0 Å². The number of hydrogen-bond donors (Lipinski definition) is 0. The average Bonchev–Trinajstić information content (AvgIpc) is 3.11. The van der Waals surface area contributed by atoms with Crippen LogP contribution in [0.4, 0.5) is 0 Å². The Hall–Kier alpha value is -1.73. The highest BCUT2D eigenvalue weighted by Gasteiger charge is 2.33. The summed E-state index contributed by atoms with van der Waals surface area (Å²) < 4.78 is 5.48. The van der Waals surface area contributed by atoms with E-state index in [0.29, 0.717) is 24.2 Å². The zero-order valence-corrected chi connectivity index (χ0v) is 16.2. The molecule has 1 saturated heterocycles. The second-order valence-electron chi connectivity index (χ2n) is 7.12. The van der Waals surface area contributed by atoms with Gasteiger partial charge < -0.3 is 9.42 Å². The van der Waals surface area contributed by atoms with Crippen LogP contribution in [0.1, 0.15) is 53.3 Å². The van der Waals surface area contributed by atoms with Crippen molar-refractivity contribution in [2.75, 3.05) is 26.2 Å². The number of hydrogen-bond acceptors (Lipinski definition) is 6. The molecule has 25 heavy (non-hydrogen) atoms. The molecule has 1 unspecified atom stereocenters. The van der Waals surface area contributed by atoms with E-state index in [1.807, 2.05) is 30.2 Å². The van der Waals surface area contributed by atoms with Gasteiger partial charge in [-0.3, -0.25) is 9.69 Å². The van der Waals surface area contributed by atoms with Crippen molar-refractivity contribution in [3.05, 3.63) is 33.6 Å². The van der Waals surface area contributed by atoms with E-state index in [4.69, 9.17) is 4.52 Å². The fraction of sp³-hybridized carbons (Fsp3) is 0.611. The molecule has 1 aliphatic rings. The van der Waals surface area contributed by atoms with Gasteiger partial charge in [-0.05, 0) is 43.2 Å².